The molecule has 1 atom stereocenters. The minimum Gasteiger partial charge on any atom is -0.273 e. The van der Waals surface area contributed by atoms with E-state index in [0.29, 0.717) is 22.4 Å². The van der Waals surface area contributed by atoms with Gasteiger partial charge in [-0.15, -0.1) is 0 Å². The zero-order chi connectivity index (χ0) is 29.0. The molecular formula is C28H37F5N4O. The Balaban J connectivity index is 0.000000777. The Hall–Kier alpha value is -3.03. The van der Waals surface area contributed by atoms with E-state index in [-0.39, 0.29) is 22.0 Å². The van der Waals surface area contributed by atoms with Crippen molar-refractivity contribution >= 4 is 16.8 Å². The van der Waals surface area contributed by atoms with Crippen molar-refractivity contribution in [2.45, 2.75) is 85.9 Å². The van der Waals surface area contributed by atoms with Crippen LogP contribution in [0.5, 0.6) is 0 Å². The first-order chi connectivity index (χ1) is 17.9. The molecular weight excluding hydrogens is 503 g/mol. The molecule has 2 aromatic rings. The number of hydrogen-bond donors (Lipinski definition) is 2. The van der Waals surface area contributed by atoms with E-state index >= 15 is 0 Å². The van der Waals surface area contributed by atoms with Crippen LogP contribution in [0.3, 0.4) is 0 Å². The zero-order valence-electron chi connectivity index (χ0n) is 22.7. The fourth-order valence-corrected chi connectivity index (χ4v) is 3.54. The molecule has 0 bridgehead atoms. The average Bonchev–Trinajstić information content (AvgIpc) is 2.85. The van der Waals surface area contributed by atoms with E-state index in [0.717, 1.165) is 19.0 Å². The van der Waals surface area contributed by atoms with Gasteiger partial charge in [-0.3, -0.25) is 10.2 Å². The van der Waals surface area contributed by atoms with Gasteiger partial charge in [-0.05, 0) is 61.6 Å². The molecule has 0 unspecified atom stereocenters. The lowest BCUT2D eigenvalue weighted by atomic mass is 9.84. The van der Waals surface area contributed by atoms with Crippen molar-refractivity contribution in [3.05, 3.63) is 58.9 Å². The predicted octanol–water partition coefficient (Wildman–Crippen LogP) is 8.66. The molecule has 0 spiro atoms. The minimum atomic E-state index is -4.55. The summed E-state index contributed by atoms with van der Waals surface area (Å²) >= 11 is 0. The molecule has 1 saturated carbocycles. The summed E-state index contributed by atoms with van der Waals surface area (Å²) in [4.78, 5) is 4.09. The monoisotopic (exact) mass is 540 g/mol. The first-order valence-corrected chi connectivity index (χ1v) is 12.7. The maximum atomic E-state index is 12.9. The quantitative estimate of drug-likeness (QED) is 0.209. The highest BCUT2D eigenvalue weighted by atomic mass is 19.4. The Kier molecular flexibility index (Phi) is 13.4. The van der Waals surface area contributed by atoms with Gasteiger partial charge in [0.15, 0.2) is 0 Å². The SMILES string of the molecule is C/C(=C(/C#N)c1ccc(C(F)F)cc1C)c1ccc(N(O)N[C@H](C)C(F)(F)F)cn1.CC.CCC1CCC1. The van der Waals surface area contributed by atoms with Crippen LogP contribution < -0.4 is 10.6 Å². The number of aryl methyl sites for hydroxylation is 1. The number of nitriles is 1. The molecule has 2 N–H and O–H groups in total. The van der Waals surface area contributed by atoms with Crippen molar-refractivity contribution in [2.75, 3.05) is 5.17 Å². The lowest BCUT2D eigenvalue weighted by Crippen LogP contribution is -2.48. The summed E-state index contributed by atoms with van der Waals surface area (Å²) in [6, 6.07) is 6.78. The first kappa shape index (κ1) is 33.0. The molecule has 3 rings (SSSR count). The lowest BCUT2D eigenvalue weighted by molar-refractivity contribution is -0.155. The Bertz CT molecular complexity index is 1070. The third-order valence-electron chi connectivity index (χ3n) is 6.24. The summed E-state index contributed by atoms with van der Waals surface area (Å²) in [6.07, 6.45) is -0.104. The summed E-state index contributed by atoms with van der Waals surface area (Å²) in [7, 11) is 0. The standard InChI is InChI=1S/C20H19F5N4O.C6H12.C2H6/c1-11-8-14(19(21)22)4-6-16(11)17(9-26)12(2)18-7-5-15(10-27-18)29(30)28-13(3)20(23,24)25;1-2-6-4-3-5-6;1-2/h4-8,10,13,19,28,30H,1-3H3;6H,2-5H2,1H3;1-2H3/b17-12+;;/t13-;;/m1../s1. The second kappa shape index (κ2) is 15.4. The number of alkyl halides is 5. The second-order valence-corrected chi connectivity index (χ2v) is 8.80. The molecule has 1 aliphatic rings. The summed E-state index contributed by atoms with van der Waals surface area (Å²) in [6.45, 7) is 10.4. The van der Waals surface area contributed by atoms with Crippen LogP contribution in [-0.2, 0) is 0 Å². The third kappa shape index (κ3) is 9.37. The van der Waals surface area contributed by atoms with Crippen LogP contribution in [0.4, 0.5) is 27.6 Å². The molecule has 38 heavy (non-hydrogen) atoms. The number of hydrazine groups is 1. The zero-order valence-corrected chi connectivity index (χ0v) is 22.7. The number of rotatable bonds is 7. The number of benzene rings is 1. The normalized spacial score (nSPS) is 14.6. The van der Waals surface area contributed by atoms with Crippen LogP contribution in [-0.4, -0.2) is 22.4 Å². The largest absolute Gasteiger partial charge is 0.405 e. The van der Waals surface area contributed by atoms with Crippen molar-refractivity contribution in [1.82, 2.24) is 10.4 Å². The number of anilines is 1. The van der Waals surface area contributed by atoms with E-state index in [1.165, 1.54) is 56.0 Å². The molecule has 0 radical (unpaired) electrons. The highest BCUT2D eigenvalue weighted by Crippen LogP contribution is 2.30. The smallest absolute Gasteiger partial charge is 0.273 e. The van der Waals surface area contributed by atoms with Crippen LogP contribution in [0.2, 0.25) is 0 Å². The molecule has 10 heteroatoms. The first-order valence-electron chi connectivity index (χ1n) is 12.7. The van der Waals surface area contributed by atoms with Gasteiger partial charge in [0.1, 0.15) is 17.8 Å². The van der Waals surface area contributed by atoms with Crippen molar-refractivity contribution in [1.29, 1.82) is 5.26 Å². The summed E-state index contributed by atoms with van der Waals surface area (Å²) < 4.78 is 63.5. The number of aromatic nitrogens is 1. The lowest BCUT2D eigenvalue weighted by Gasteiger charge is -2.24. The minimum absolute atomic E-state index is 0.0429. The van der Waals surface area contributed by atoms with Gasteiger partial charge in [-0.1, -0.05) is 58.6 Å². The molecule has 5 nitrogen and oxygen atoms in total. The molecule has 1 heterocycles. The van der Waals surface area contributed by atoms with Crippen molar-refractivity contribution in [3.8, 4) is 6.07 Å². The topological polar surface area (TPSA) is 72.2 Å². The van der Waals surface area contributed by atoms with E-state index in [1.807, 2.05) is 25.3 Å². The van der Waals surface area contributed by atoms with Crippen LogP contribution in [0.15, 0.2) is 36.5 Å². The van der Waals surface area contributed by atoms with Gasteiger partial charge in [0.05, 0.1) is 17.5 Å². The highest BCUT2D eigenvalue weighted by molar-refractivity contribution is 5.96. The van der Waals surface area contributed by atoms with E-state index in [9.17, 15) is 32.4 Å². The van der Waals surface area contributed by atoms with Crippen LogP contribution in [0.1, 0.15) is 89.1 Å². The Morgan fingerprint density at radius 2 is 1.84 bits per heavy atom. The molecule has 1 aromatic heterocycles. The third-order valence-corrected chi connectivity index (χ3v) is 6.24. The number of halogens is 5. The summed E-state index contributed by atoms with van der Waals surface area (Å²) in [5.41, 5.74) is 3.63. The summed E-state index contributed by atoms with van der Waals surface area (Å²) in [5.74, 6) is 1.12. The Labute approximate surface area is 221 Å². The van der Waals surface area contributed by atoms with Gasteiger partial charge in [0.25, 0.3) is 6.43 Å². The van der Waals surface area contributed by atoms with E-state index in [4.69, 9.17) is 0 Å². The van der Waals surface area contributed by atoms with E-state index < -0.39 is 18.6 Å². The molecule has 0 amide bonds. The summed E-state index contributed by atoms with van der Waals surface area (Å²) in [5, 5.41) is 19.6. The fraction of sp³-hybridized carbons (Fsp3) is 0.500. The molecule has 0 saturated heterocycles. The number of hydrogen-bond acceptors (Lipinski definition) is 5. The average molecular weight is 541 g/mol. The second-order valence-electron chi connectivity index (χ2n) is 8.80. The van der Waals surface area contributed by atoms with Crippen molar-refractivity contribution in [2.24, 2.45) is 5.92 Å². The van der Waals surface area contributed by atoms with E-state index in [1.54, 1.807) is 13.8 Å². The maximum absolute atomic E-state index is 12.9. The van der Waals surface area contributed by atoms with Crippen molar-refractivity contribution in [3.63, 3.8) is 0 Å². The van der Waals surface area contributed by atoms with Crippen LogP contribution in [0.25, 0.3) is 11.1 Å². The maximum Gasteiger partial charge on any atom is 0.405 e. The molecule has 1 fully saturated rings. The molecule has 210 valence electrons. The van der Waals surface area contributed by atoms with E-state index in [2.05, 4.69) is 11.9 Å². The van der Waals surface area contributed by atoms with Gasteiger partial charge in [0.2, 0.25) is 0 Å². The van der Waals surface area contributed by atoms with Crippen molar-refractivity contribution < 1.29 is 27.2 Å². The van der Waals surface area contributed by atoms with Gasteiger partial charge in [-0.25, -0.2) is 8.78 Å². The number of nitrogens with one attached hydrogen (secondary N) is 1. The fourth-order valence-electron chi connectivity index (χ4n) is 3.54. The number of nitrogens with zero attached hydrogens (tertiary/aromatic N) is 3. The van der Waals surface area contributed by atoms with Gasteiger partial charge >= 0.3 is 6.18 Å². The van der Waals surface area contributed by atoms with Gasteiger partial charge in [0, 0.05) is 5.56 Å². The van der Waals surface area contributed by atoms with Gasteiger partial charge in [-0.2, -0.15) is 29.0 Å². The number of allylic oxidation sites excluding steroid dienone is 2. The molecule has 0 aliphatic heterocycles. The molecule has 1 aliphatic carbocycles. The van der Waals surface area contributed by atoms with Crippen LogP contribution in [0, 0.1) is 24.2 Å². The Morgan fingerprint density at radius 1 is 1.21 bits per heavy atom. The van der Waals surface area contributed by atoms with Crippen LogP contribution >= 0.6 is 0 Å². The number of pyridine rings is 1. The Morgan fingerprint density at radius 3 is 2.21 bits per heavy atom. The van der Waals surface area contributed by atoms with Gasteiger partial charge < -0.3 is 0 Å². The molecule has 1 aromatic carbocycles. The highest BCUT2D eigenvalue weighted by Gasteiger charge is 2.37. The predicted molar refractivity (Wildman–Crippen MR) is 140 cm³/mol.